The Labute approximate surface area is 165 Å². The van der Waals surface area contributed by atoms with Gasteiger partial charge >= 0.3 is 0 Å². The second-order valence-electron chi connectivity index (χ2n) is 7.56. The molecule has 0 amide bonds. The molecule has 0 aliphatic heterocycles. The van der Waals surface area contributed by atoms with Gasteiger partial charge in [0.2, 0.25) is 0 Å². The normalized spacial score (nSPS) is 11.5. The highest BCUT2D eigenvalue weighted by molar-refractivity contribution is 4.97. The Morgan fingerprint density at radius 1 is 0.346 bits per heavy atom. The molecule has 26 heavy (non-hydrogen) atoms. The largest absolute Gasteiger partial charge is 0.0991 e. The molecule has 0 atom stereocenters. The zero-order chi connectivity index (χ0) is 19.0. The van der Waals surface area contributed by atoms with Gasteiger partial charge in [0.15, 0.2) is 0 Å². The van der Waals surface area contributed by atoms with Gasteiger partial charge in [-0.15, -0.1) is 0 Å². The molecule has 0 unspecified atom stereocenters. The van der Waals surface area contributed by atoms with Crippen molar-refractivity contribution in [2.75, 3.05) is 0 Å². The number of hydrogen-bond acceptors (Lipinski definition) is 0. The van der Waals surface area contributed by atoms with Gasteiger partial charge in [-0.2, -0.15) is 0 Å². The zero-order valence-corrected chi connectivity index (χ0v) is 17.6. The molecule has 0 nitrogen and oxygen atoms in total. The first-order valence-electron chi connectivity index (χ1n) is 11.5. The number of allylic oxidation sites excluding steroid dienone is 6. The van der Waals surface area contributed by atoms with Crippen molar-refractivity contribution in [2.24, 2.45) is 0 Å². The quantitative estimate of drug-likeness (QED) is 0.141. The van der Waals surface area contributed by atoms with Gasteiger partial charge in [-0.05, 0) is 25.7 Å². The Morgan fingerprint density at radius 2 is 0.577 bits per heavy atom. The molecule has 0 N–H and O–H groups in total. The summed E-state index contributed by atoms with van der Waals surface area (Å²) in [6, 6.07) is 0. The van der Waals surface area contributed by atoms with Crippen molar-refractivity contribution >= 4 is 0 Å². The predicted molar refractivity (Wildman–Crippen MR) is 122 cm³/mol. The van der Waals surface area contributed by atoms with Gasteiger partial charge in [-0.25, -0.2) is 0 Å². The average molecular weight is 359 g/mol. The third-order valence-electron chi connectivity index (χ3n) is 5.04. The van der Waals surface area contributed by atoms with Gasteiger partial charge < -0.3 is 0 Å². The summed E-state index contributed by atoms with van der Waals surface area (Å²) in [5.74, 6) is 0. The molecular weight excluding hydrogens is 312 g/mol. The number of hydrogen-bond donors (Lipinski definition) is 0. The first-order valence-corrected chi connectivity index (χ1v) is 11.5. The molecule has 0 saturated carbocycles. The van der Waals surface area contributed by atoms with Gasteiger partial charge in [0.05, 0.1) is 0 Å². The summed E-state index contributed by atoms with van der Waals surface area (Å²) in [5.41, 5.74) is 0. The van der Waals surface area contributed by atoms with Crippen molar-refractivity contribution < 1.29 is 0 Å². The van der Waals surface area contributed by atoms with Crippen molar-refractivity contribution in [3.63, 3.8) is 0 Å². The second-order valence-corrected chi connectivity index (χ2v) is 7.56. The maximum atomic E-state index is 3.69. The minimum atomic E-state index is 1.22. The summed E-state index contributed by atoms with van der Waals surface area (Å²) in [7, 11) is 0. The monoisotopic (exact) mass is 358 g/mol. The van der Waals surface area contributed by atoms with E-state index in [1.54, 1.807) is 0 Å². The summed E-state index contributed by atoms with van der Waals surface area (Å²) >= 11 is 0. The van der Waals surface area contributed by atoms with E-state index >= 15 is 0 Å². The summed E-state index contributed by atoms with van der Waals surface area (Å²) in [5, 5.41) is 0. The molecule has 0 radical (unpaired) electrons. The van der Waals surface area contributed by atoms with E-state index in [-0.39, 0.29) is 0 Å². The lowest BCUT2D eigenvalue weighted by atomic mass is 10.0. The topological polar surface area (TPSA) is 0 Å². The average Bonchev–Trinajstić information content (AvgIpc) is 2.66. The van der Waals surface area contributed by atoms with Crippen LogP contribution in [0, 0.1) is 0 Å². The highest BCUT2D eigenvalue weighted by Gasteiger charge is 1.94. The molecule has 0 aliphatic carbocycles. The summed E-state index contributed by atoms with van der Waals surface area (Å²) in [6.45, 7) is 7.39. The SMILES string of the molecule is C=CC=CCCCCCCCCCCCCCCCCCCC=CC=C. The second kappa shape index (κ2) is 24.0. The van der Waals surface area contributed by atoms with E-state index in [1.165, 1.54) is 116 Å². The fraction of sp³-hybridized carbons (Fsp3) is 0.692. The van der Waals surface area contributed by atoms with Gasteiger partial charge in [0, 0.05) is 0 Å². The van der Waals surface area contributed by atoms with Crippen molar-refractivity contribution in [1.29, 1.82) is 0 Å². The van der Waals surface area contributed by atoms with Crippen LogP contribution < -0.4 is 0 Å². The molecule has 0 saturated heterocycles. The molecule has 0 aromatic heterocycles. The van der Waals surface area contributed by atoms with E-state index in [9.17, 15) is 0 Å². The van der Waals surface area contributed by atoms with Crippen LogP contribution in [-0.2, 0) is 0 Å². The van der Waals surface area contributed by atoms with Crippen LogP contribution in [0.5, 0.6) is 0 Å². The Bertz CT molecular complexity index is 300. The van der Waals surface area contributed by atoms with Gasteiger partial charge in [-0.1, -0.05) is 140 Å². The Hall–Kier alpha value is -1.04. The van der Waals surface area contributed by atoms with E-state index in [1.807, 2.05) is 12.2 Å². The first-order chi connectivity index (χ1) is 12.9. The van der Waals surface area contributed by atoms with E-state index < -0.39 is 0 Å². The van der Waals surface area contributed by atoms with Gasteiger partial charge in [0.1, 0.15) is 0 Å². The maximum Gasteiger partial charge on any atom is -0.0348 e. The fourth-order valence-electron chi connectivity index (χ4n) is 3.38. The van der Waals surface area contributed by atoms with Gasteiger partial charge in [-0.3, -0.25) is 0 Å². The van der Waals surface area contributed by atoms with E-state index in [0.717, 1.165) is 0 Å². The molecule has 0 rings (SSSR count). The van der Waals surface area contributed by atoms with Crippen LogP contribution in [0.25, 0.3) is 0 Å². The smallest absolute Gasteiger partial charge is 0.0348 e. The van der Waals surface area contributed by atoms with Crippen molar-refractivity contribution in [2.45, 2.75) is 116 Å². The summed E-state index contributed by atoms with van der Waals surface area (Å²) in [4.78, 5) is 0. The van der Waals surface area contributed by atoms with E-state index in [4.69, 9.17) is 0 Å². The summed E-state index contributed by atoms with van der Waals surface area (Å²) < 4.78 is 0. The van der Waals surface area contributed by atoms with Crippen LogP contribution >= 0.6 is 0 Å². The minimum absolute atomic E-state index is 1.22. The van der Waals surface area contributed by atoms with Gasteiger partial charge in [0.25, 0.3) is 0 Å². The Morgan fingerprint density at radius 3 is 0.808 bits per heavy atom. The lowest BCUT2D eigenvalue weighted by Gasteiger charge is -2.03. The molecule has 0 heterocycles. The summed E-state index contributed by atoms with van der Waals surface area (Å²) in [6.07, 6.45) is 37.6. The fourth-order valence-corrected chi connectivity index (χ4v) is 3.38. The maximum absolute atomic E-state index is 3.69. The van der Waals surface area contributed by atoms with Crippen LogP contribution in [0.4, 0.5) is 0 Å². The van der Waals surface area contributed by atoms with Crippen molar-refractivity contribution in [3.05, 3.63) is 49.6 Å². The lowest BCUT2D eigenvalue weighted by molar-refractivity contribution is 0.528. The third-order valence-corrected chi connectivity index (χ3v) is 5.04. The predicted octanol–water partition coefficient (Wildman–Crippen LogP) is 9.49. The molecule has 0 bridgehead atoms. The number of rotatable bonds is 21. The first kappa shape index (κ1) is 25.0. The molecule has 0 heteroatoms. The molecule has 0 spiro atoms. The Balaban J connectivity index is 3.02. The molecule has 150 valence electrons. The number of unbranched alkanes of at least 4 members (excludes halogenated alkanes) is 17. The minimum Gasteiger partial charge on any atom is -0.0991 e. The zero-order valence-electron chi connectivity index (χ0n) is 17.6. The molecule has 0 fully saturated rings. The van der Waals surface area contributed by atoms with Crippen LogP contribution in [0.2, 0.25) is 0 Å². The van der Waals surface area contributed by atoms with Crippen LogP contribution in [0.15, 0.2) is 49.6 Å². The standard InChI is InChI=1S/C26H46/c1-3-5-7-9-11-13-15-17-19-21-23-25-26-24-22-20-18-16-14-12-10-8-6-4-2/h3-8H,1-2,9-26H2. The molecule has 0 aromatic carbocycles. The molecule has 0 aromatic rings. The van der Waals surface area contributed by atoms with Crippen molar-refractivity contribution in [3.8, 4) is 0 Å². The highest BCUT2D eigenvalue weighted by Crippen LogP contribution is 2.14. The molecule has 0 aliphatic rings. The highest BCUT2D eigenvalue weighted by atomic mass is 14.0. The van der Waals surface area contributed by atoms with Crippen molar-refractivity contribution in [1.82, 2.24) is 0 Å². The lowest BCUT2D eigenvalue weighted by Crippen LogP contribution is -1.83. The van der Waals surface area contributed by atoms with E-state index in [2.05, 4.69) is 37.5 Å². The van der Waals surface area contributed by atoms with Crippen LogP contribution in [0.3, 0.4) is 0 Å². The molecular formula is C26H46. The van der Waals surface area contributed by atoms with Crippen LogP contribution in [0.1, 0.15) is 116 Å². The third kappa shape index (κ3) is 23.0. The van der Waals surface area contributed by atoms with Crippen LogP contribution in [-0.4, -0.2) is 0 Å². The Kier molecular flexibility index (Phi) is 23.0. The van der Waals surface area contributed by atoms with E-state index in [0.29, 0.717) is 0 Å².